The van der Waals surface area contributed by atoms with Crippen molar-refractivity contribution in [3.05, 3.63) is 46.2 Å². The summed E-state index contributed by atoms with van der Waals surface area (Å²) < 4.78 is 32.8. The number of benzene rings is 1. The maximum atomic E-state index is 12.9. The lowest BCUT2D eigenvalue weighted by molar-refractivity contribution is -0.384. The molecular formula is C19H27N5O5S. The molecule has 1 aromatic carbocycles. The van der Waals surface area contributed by atoms with E-state index in [4.69, 9.17) is 4.42 Å². The Hall–Kier alpha value is -2.50. The smallest absolute Gasteiger partial charge is 0.293 e. The number of hydrogen-bond donors (Lipinski definition) is 1. The number of nitro benzene ring substituents is 1. The second kappa shape index (κ2) is 8.32. The molecule has 1 saturated heterocycles. The van der Waals surface area contributed by atoms with Gasteiger partial charge in [0, 0.05) is 37.7 Å². The average Bonchev–Trinajstić information content (AvgIpc) is 3.16. The van der Waals surface area contributed by atoms with E-state index in [1.54, 1.807) is 6.20 Å². The molecule has 3 rings (SSSR count). The predicted molar refractivity (Wildman–Crippen MR) is 112 cm³/mol. The van der Waals surface area contributed by atoms with Gasteiger partial charge < -0.3 is 14.6 Å². The Labute approximate surface area is 176 Å². The molecule has 0 aliphatic carbocycles. The van der Waals surface area contributed by atoms with Crippen LogP contribution in [0, 0.1) is 10.1 Å². The van der Waals surface area contributed by atoms with E-state index in [2.05, 4.69) is 10.3 Å². The van der Waals surface area contributed by atoms with Gasteiger partial charge in [0.15, 0.2) is 0 Å². The summed E-state index contributed by atoms with van der Waals surface area (Å²) >= 11 is 0. The Bertz CT molecular complexity index is 1020. The predicted octanol–water partition coefficient (Wildman–Crippen LogP) is 2.43. The lowest BCUT2D eigenvalue weighted by atomic mass is 9.94. The van der Waals surface area contributed by atoms with Gasteiger partial charge in [-0.2, -0.15) is 4.31 Å². The molecule has 30 heavy (non-hydrogen) atoms. The molecule has 0 atom stereocenters. The highest BCUT2D eigenvalue weighted by molar-refractivity contribution is 7.89. The van der Waals surface area contributed by atoms with Gasteiger partial charge in [-0.15, -0.1) is 0 Å². The van der Waals surface area contributed by atoms with Gasteiger partial charge in [-0.05, 0) is 19.2 Å². The number of rotatable bonds is 6. The topological polar surface area (TPSA) is 122 Å². The summed E-state index contributed by atoms with van der Waals surface area (Å²) in [6.07, 6.45) is 1.64. The van der Waals surface area contributed by atoms with E-state index in [0.29, 0.717) is 37.8 Å². The first-order valence-electron chi connectivity index (χ1n) is 9.64. The zero-order valence-electron chi connectivity index (χ0n) is 17.6. The van der Waals surface area contributed by atoms with E-state index in [9.17, 15) is 18.5 Å². The monoisotopic (exact) mass is 437 g/mol. The minimum Gasteiger partial charge on any atom is -0.443 e. The van der Waals surface area contributed by atoms with Crippen molar-refractivity contribution in [2.24, 2.45) is 0 Å². The molecule has 1 fully saturated rings. The molecule has 2 aromatic rings. The third-order valence-corrected chi connectivity index (χ3v) is 6.88. The molecule has 0 radical (unpaired) electrons. The van der Waals surface area contributed by atoms with Crippen molar-refractivity contribution in [1.29, 1.82) is 0 Å². The number of piperazine rings is 1. The number of anilines is 1. The number of likely N-dealkylation sites (N-methyl/N-ethyl adjacent to an activating group) is 1. The Balaban J connectivity index is 1.80. The minimum atomic E-state index is -3.79. The number of nitrogens with zero attached hydrogens (tertiary/aromatic N) is 4. The fourth-order valence-corrected chi connectivity index (χ4v) is 4.50. The Morgan fingerprint density at radius 3 is 2.47 bits per heavy atom. The van der Waals surface area contributed by atoms with Crippen LogP contribution >= 0.6 is 0 Å². The van der Waals surface area contributed by atoms with Gasteiger partial charge in [0.2, 0.25) is 15.9 Å². The molecular weight excluding hydrogens is 410 g/mol. The third kappa shape index (κ3) is 4.79. The summed E-state index contributed by atoms with van der Waals surface area (Å²) in [7, 11) is -1.87. The lowest BCUT2D eigenvalue weighted by Crippen LogP contribution is -2.47. The highest BCUT2D eigenvalue weighted by Gasteiger charge is 2.29. The van der Waals surface area contributed by atoms with Crippen molar-refractivity contribution < 1.29 is 17.8 Å². The van der Waals surface area contributed by atoms with Crippen LogP contribution in [0.5, 0.6) is 0 Å². The third-order valence-electron chi connectivity index (χ3n) is 4.99. The molecule has 0 unspecified atom stereocenters. The Kier molecular flexibility index (Phi) is 6.16. The summed E-state index contributed by atoms with van der Waals surface area (Å²) in [5.74, 6) is 1.10. The number of oxazole rings is 1. The molecule has 1 N–H and O–H groups in total. The number of hydrogen-bond acceptors (Lipinski definition) is 8. The van der Waals surface area contributed by atoms with Crippen LogP contribution in [0.25, 0.3) is 0 Å². The molecule has 0 bridgehead atoms. The summed E-state index contributed by atoms with van der Waals surface area (Å²) in [5.41, 5.74) is -0.308. The molecule has 0 spiro atoms. The Morgan fingerprint density at radius 2 is 1.90 bits per heavy atom. The zero-order chi connectivity index (χ0) is 22.1. The normalized spacial score (nSPS) is 16.5. The molecule has 11 heteroatoms. The Morgan fingerprint density at radius 1 is 1.23 bits per heavy atom. The van der Waals surface area contributed by atoms with Gasteiger partial charge in [-0.25, -0.2) is 13.4 Å². The molecule has 2 heterocycles. The van der Waals surface area contributed by atoms with Crippen LogP contribution in [0.4, 0.5) is 11.4 Å². The molecule has 0 amide bonds. The highest BCUT2D eigenvalue weighted by atomic mass is 32.2. The van der Waals surface area contributed by atoms with Crippen LogP contribution in [0.15, 0.2) is 33.7 Å². The van der Waals surface area contributed by atoms with Crippen molar-refractivity contribution in [2.45, 2.75) is 37.6 Å². The minimum absolute atomic E-state index is 0.0876. The zero-order valence-corrected chi connectivity index (χ0v) is 18.4. The van der Waals surface area contributed by atoms with Crippen LogP contribution in [0.3, 0.4) is 0 Å². The molecule has 1 aliphatic heterocycles. The highest BCUT2D eigenvalue weighted by Crippen LogP contribution is 2.30. The molecule has 1 aromatic heterocycles. The summed E-state index contributed by atoms with van der Waals surface area (Å²) in [5, 5.41) is 14.5. The van der Waals surface area contributed by atoms with Crippen LogP contribution in [-0.2, 0) is 22.0 Å². The van der Waals surface area contributed by atoms with Crippen LogP contribution in [0.1, 0.15) is 32.4 Å². The van der Waals surface area contributed by atoms with Crippen molar-refractivity contribution in [3.63, 3.8) is 0 Å². The fraction of sp³-hybridized carbons (Fsp3) is 0.526. The number of nitrogens with one attached hydrogen (secondary N) is 1. The standard InChI is InChI=1S/C19H27N5O5S/c1-19(2,3)17-12-21-18(29-17)13-20-15-6-5-14(11-16(15)24(25)26)30(27,28)23-9-7-22(4)8-10-23/h5-6,11-12,20H,7-10,13H2,1-4H3. The van der Waals surface area contributed by atoms with Crippen LogP contribution < -0.4 is 5.32 Å². The number of sulfonamides is 1. The summed E-state index contributed by atoms with van der Waals surface area (Å²) in [6, 6.07) is 3.90. The average molecular weight is 438 g/mol. The molecule has 1 aliphatic rings. The number of aromatic nitrogens is 1. The van der Waals surface area contributed by atoms with Gasteiger partial charge in [0.1, 0.15) is 11.4 Å². The van der Waals surface area contributed by atoms with Gasteiger partial charge >= 0.3 is 0 Å². The SMILES string of the molecule is CN1CCN(S(=O)(=O)c2ccc(NCc3ncc(C(C)(C)C)o3)c([N+](=O)[O-])c2)CC1. The van der Waals surface area contributed by atoms with E-state index < -0.39 is 14.9 Å². The van der Waals surface area contributed by atoms with Crippen LogP contribution in [-0.4, -0.2) is 60.8 Å². The maximum absolute atomic E-state index is 12.9. The molecule has 164 valence electrons. The molecule has 10 nitrogen and oxygen atoms in total. The van der Waals surface area contributed by atoms with Crippen molar-refractivity contribution in [1.82, 2.24) is 14.2 Å². The summed E-state index contributed by atoms with van der Waals surface area (Å²) in [4.78, 5) is 17.1. The maximum Gasteiger partial charge on any atom is 0.293 e. The largest absolute Gasteiger partial charge is 0.443 e. The van der Waals surface area contributed by atoms with Crippen molar-refractivity contribution in [3.8, 4) is 0 Å². The second-order valence-corrected chi connectivity index (χ2v) is 10.3. The lowest BCUT2D eigenvalue weighted by Gasteiger charge is -2.31. The first-order chi connectivity index (χ1) is 14.0. The van der Waals surface area contributed by atoms with Crippen molar-refractivity contribution in [2.75, 3.05) is 38.5 Å². The second-order valence-electron chi connectivity index (χ2n) is 8.37. The van der Waals surface area contributed by atoms with E-state index in [-0.39, 0.29) is 28.2 Å². The van der Waals surface area contributed by atoms with E-state index in [1.807, 2.05) is 32.7 Å². The van der Waals surface area contributed by atoms with Gasteiger partial charge in [0.05, 0.1) is 22.6 Å². The van der Waals surface area contributed by atoms with E-state index in [0.717, 1.165) is 6.07 Å². The first kappa shape index (κ1) is 22.2. The van der Waals surface area contributed by atoms with E-state index >= 15 is 0 Å². The number of nitro groups is 1. The summed E-state index contributed by atoms with van der Waals surface area (Å²) in [6.45, 7) is 8.07. The molecule has 0 saturated carbocycles. The fourth-order valence-electron chi connectivity index (χ4n) is 3.06. The van der Waals surface area contributed by atoms with Crippen molar-refractivity contribution >= 4 is 21.4 Å². The van der Waals surface area contributed by atoms with Gasteiger partial charge in [0.25, 0.3) is 5.69 Å². The van der Waals surface area contributed by atoms with Gasteiger partial charge in [-0.3, -0.25) is 10.1 Å². The van der Waals surface area contributed by atoms with Crippen LogP contribution in [0.2, 0.25) is 0 Å². The van der Waals surface area contributed by atoms with E-state index in [1.165, 1.54) is 16.4 Å². The first-order valence-corrected chi connectivity index (χ1v) is 11.1. The quantitative estimate of drug-likeness (QED) is 0.540. The van der Waals surface area contributed by atoms with Gasteiger partial charge in [-0.1, -0.05) is 20.8 Å².